The molecule has 7 aromatic rings. The standard InChI is InChI=1S/C41H29NO/c1-40(2)30-19-6-8-21-32(30)41(33-22-9-7-20-31(33)40)34-23-10-11-25-36(34)42-38-29(18-13-24-35(38)41)28-17-12-16-27(37(28)39(42)43)26-14-4-3-5-15-26/h3-25H,1-2H3. The Hall–Kier alpha value is -5.21. The molecule has 2 heterocycles. The minimum atomic E-state index is -0.573. The highest BCUT2D eigenvalue weighted by atomic mass is 16.1. The lowest BCUT2D eigenvalue weighted by molar-refractivity contribution is 0.555. The van der Waals surface area contributed by atoms with Crippen LogP contribution >= 0.6 is 0 Å². The van der Waals surface area contributed by atoms with Gasteiger partial charge in [-0.15, -0.1) is 0 Å². The van der Waals surface area contributed by atoms with Gasteiger partial charge in [0.15, 0.2) is 0 Å². The molecule has 0 amide bonds. The normalized spacial score (nSPS) is 15.2. The highest BCUT2D eigenvalue weighted by molar-refractivity contribution is 6.12. The first-order chi connectivity index (χ1) is 21.0. The molecule has 0 bridgehead atoms. The smallest absolute Gasteiger partial charge is 0.264 e. The van der Waals surface area contributed by atoms with E-state index in [1.165, 1.54) is 22.3 Å². The molecule has 0 fully saturated rings. The zero-order valence-corrected chi connectivity index (χ0v) is 24.1. The average Bonchev–Trinajstić information content (AvgIpc) is 3.06. The second kappa shape index (κ2) is 8.42. The summed E-state index contributed by atoms with van der Waals surface area (Å²) in [6, 6.07) is 49.6. The number of para-hydroxylation sites is 2. The van der Waals surface area contributed by atoms with Gasteiger partial charge < -0.3 is 0 Å². The van der Waals surface area contributed by atoms with Crippen LogP contribution in [0.15, 0.2) is 144 Å². The lowest BCUT2D eigenvalue weighted by Crippen LogP contribution is -2.45. The zero-order valence-electron chi connectivity index (χ0n) is 24.1. The first kappa shape index (κ1) is 24.4. The third kappa shape index (κ3) is 2.91. The summed E-state index contributed by atoms with van der Waals surface area (Å²) in [5.41, 5.74) is 10.7. The molecule has 1 aliphatic carbocycles. The fourth-order valence-corrected chi connectivity index (χ4v) is 8.32. The van der Waals surface area contributed by atoms with Crippen LogP contribution in [0.1, 0.15) is 47.2 Å². The molecule has 0 saturated carbocycles. The largest absolute Gasteiger partial charge is 0.276 e. The molecular weight excluding hydrogens is 522 g/mol. The van der Waals surface area contributed by atoms with E-state index >= 15 is 0 Å². The summed E-state index contributed by atoms with van der Waals surface area (Å²) in [6.07, 6.45) is 0. The monoisotopic (exact) mass is 551 g/mol. The summed E-state index contributed by atoms with van der Waals surface area (Å²) in [5, 5.41) is 2.85. The van der Waals surface area contributed by atoms with Gasteiger partial charge in [-0.25, -0.2) is 0 Å². The van der Waals surface area contributed by atoms with Gasteiger partial charge in [-0.1, -0.05) is 147 Å². The van der Waals surface area contributed by atoms with Crippen LogP contribution < -0.4 is 5.56 Å². The van der Waals surface area contributed by atoms with Crippen molar-refractivity contribution in [3.63, 3.8) is 0 Å². The summed E-state index contributed by atoms with van der Waals surface area (Å²) in [5.74, 6) is 0. The molecule has 0 atom stereocenters. The predicted molar refractivity (Wildman–Crippen MR) is 176 cm³/mol. The topological polar surface area (TPSA) is 22.0 Å². The summed E-state index contributed by atoms with van der Waals surface area (Å²) < 4.78 is 2.00. The number of nitrogens with zero attached hydrogens (tertiary/aromatic N) is 1. The molecule has 43 heavy (non-hydrogen) atoms. The molecule has 9 rings (SSSR count). The fraction of sp³-hybridized carbons (Fsp3) is 0.0976. The van der Waals surface area contributed by atoms with Gasteiger partial charge in [-0.05, 0) is 56.0 Å². The molecule has 0 radical (unpaired) electrons. The molecule has 2 aliphatic rings. The fourth-order valence-electron chi connectivity index (χ4n) is 8.32. The Labute approximate surface area is 250 Å². The van der Waals surface area contributed by atoms with Crippen LogP contribution in [-0.2, 0) is 10.8 Å². The van der Waals surface area contributed by atoms with Crippen LogP contribution in [0.25, 0.3) is 38.5 Å². The lowest BCUT2D eigenvalue weighted by atomic mass is 9.53. The molecule has 0 saturated heterocycles. The molecule has 1 spiro atoms. The van der Waals surface area contributed by atoms with E-state index in [4.69, 9.17) is 0 Å². The van der Waals surface area contributed by atoms with Gasteiger partial charge in [0.25, 0.3) is 5.56 Å². The molecule has 0 N–H and O–H groups in total. The second-order valence-corrected chi connectivity index (χ2v) is 12.4. The first-order valence-corrected chi connectivity index (χ1v) is 15.0. The number of hydrogen-bond acceptors (Lipinski definition) is 1. The van der Waals surface area contributed by atoms with Gasteiger partial charge in [0.2, 0.25) is 0 Å². The number of fused-ring (bicyclic) bond motifs is 10. The van der Waals surface area contributed by atoms with Crippen molar-refractivity contribution in [3.05, 3.63) is 183 Å². The molecule has 6 aromatic carbocycles. The molecule has 0 unspecified atom stereocenters. The average molecular weight is 552 g/mol. The van der Waals surface area contributed by atoms with E-state index in [-0.39, 0.29) is 11.0 Å². The lowest BCUT2D eigenvalue weighted by Gasteiger charge is -2.50. The van der Waals surface area contributed by atoms with Gasteiger partial charge in [0.05, 0.1) is 22.0 Å². The zero-order chi connectivity index (χ0) is 28.9. The van der Waals surface area contributed by atoms with Crippen LogP contribution in [0.2, 0.25) is 0 Å². The highest BCUT2D eigenvalue weighted by Gasteiger charge is 2.52. The maximum Gasteiger partial charge on any atom is 0.264 e. The van der Waals surface area contributed by atoms with Gasteiger partial charge in [-0.2, -0.15) is 0 Å². The van der Waals surface area contributed by atoms with Crippen LogP contribution in [-0.4, -0.2) is 4.57 Å². The Morgan fingerprint density at radius 1 is 0.488 bits per heavy atom. The summed E-state index contributed by atoms with van der Waals surface area (Å²) in [7, 11) is 0. The van der Waals surface area contributed by atoms with E-state index in [0.29, 0.717) is 0 Å². The van der Waals surface area contributed by atoms with Crippen LogP contribution in [0, 0.1) is 0 Å². The molecule has 1 aromatic heterocycles. The van der Waals surface area contributed by atoms with Gasteiger partial charge in [0, 0.05) is 10.8 Å². The van der Waals surface area contributed by atoms with Crippen LogP contribution in [0.4, 0.5) is 0 Å². The van der Waals surface area contributed by atoms with E-state index < -0.39 is 5.41 Å². The summed E-state index contributed by atoms with van der Waals surface area (Å²) >= 11 is 0. The number of rotatable bonds is 1. The maximum absolute atomic E-state index is 14.9. The minimum Gasteiger partial charge on any atom is -0.276 e. The quantitative estimate of drug-likeness (QED) is 0.187. The van der Waals surface area contributed by atoms with Crippen molar-refractivity contribution in [1.29, 1.82) is 0 Å². The van der Waals surface area contributed by atoms with Crippen molar-refractivity contribution in [3.8, 4) is 16.8 Å². The number of pyridine rings is 1. The minimum absolute atomic E-state index is 0.0226. The summed E-state index contributed by atoms with van der Waals surface area (Å²) in [6.45, 7) is 4.67. The van der Waals surface area contributed by atoms with E-state index in [1.54, 1.807) is 0 Å². The molecular formula is C41H29NO. The highest BCUT2D eigenvalue weighted by Crippen LogP contribution is 2.59. The number of hydrogen-bond donors (Lipinski definition) is 0. The van der Waals surface area contributed by atoms with E-state index in [2.05, 4.69) is 135 Å². The van der Waals surface area contributed by atoms with E-state index in [0.717, 1.165) is 49.6 Å². The van der Waals surface area contributed by atoms with Crippen molar-refractivity contribution in [2.24, 2.45) is 0 Å². The van der Waals surface area contributed by atoms with Crippen molar-refractivity contribution in [1.82, 2.24) is 4.57 Å². The third-order valence-electron chi connectivity index (χ3n) is 10.1. The Morgan fingerprint density at radius 2 is 1.02 bits per heavy atom. The Kier molecular flexibility index (Phi) is 4.78. The van der Waals surface area contributed by atoms with Crippen LogP contribution in [0.5, 0.6) is 0 Å². The van der Waals surface area contributed by atoms with E-state index in [1.807, 2.05) is 22.8 Å². The SMILES string of the molecule is CC1(C)c2ccccc2C2(c3ccccc3-n3c(=O)c4c(-c5ccccc5)cccc4c4cccc2c43)c2ccccc21. The Bertz CT molecular complexity index is 2290. The third-order valence-corrected chi connectivity index (χ3v) is 10.1. The Balaban J connectivity index is 1.55. The van der Waals surface area contributed by atoms with Crippen LogP contribution in [0.3, 0.4) is 0 Å². The molecule has 2 heteroatoms. The molecule has 2 nitrogen and oxygen atoms in total. The van der Waals surface area contributed by atoms with Gasteiger partial charge in [0.1, 0.15) is 0 Å². The maximum atomic E-state index is 14.9. The van der Waals surface area contributed by atoms with Gasteiger partial charge in [-0.3, -0.25) is 9.36 Å². The van der Waals surface area contributed by atoms with Crippen molar-refractivity contribution >= 4 is 21.7 Å². The van der Waals surface area contributed by atoms with Gasteiger partial charge >= 0.3 is 0 Å². The predicted octanol–water partition coefficient (Wildman–Crippen LogP) is 9.15. The first-order valence-electron chi connectivity index (χ1n) is 15.0. The Morgan fingerprint density at radius 3 is 1.72 bits per heavy atom. The van der Waals surface area contributed by atoms with Crippen molar-refractivity contribution < 1.29 is 0 Å². The van der Waals surface area contributed by atoms with Crippen molar-refractivity contribution in [2.45, 2.75) is 24.7 Å². The summed E-state index contributed by atoms with van der Waals surface area (Å²) in [4.78, 5) is 14.9. The van der Waals surface area contributed by atoms with Crippen molar-refractivity contribution in [2.75, 3.05) is 0 Å². The second-order valence-electron chi connectivity index (χ2n) is 12.4. The molecule has 204 valence electrons. The van der Waals surface area contributed by atoms with E-state index in [9.17, 15) is 4.79 Å². The number of benzene rings is 6. The molecule has 1 aliphatic heterocycles. The number of aromatic nitrogens is 1.